The number of aliphatic carboxylic acids is 1. The second kappa shape index (κ2) is 5.19. The van der Waals surface area contributed by atoms with E-state index in [4.69, 9.17) is 5.73 Å². The summed E-state index contributed by atoms with van der Waals surface area (Å²) >= 11 is 0. The molecule has 0 bridgehead atoms. The van der Waals surface area contributed by atoms with Crippen molar-refractivity contribution in [3.63, 3.8) is 0 Å². The molecule has 0 aliphatic carbocycles. The Kier molecular flexibility index (Phi) is 3.44. The fourth-order valence-corrected chi connectivity index (χ4v) is 1.70. The highest BCUT2D eigenvalue weighted by molar-refractivity contribution is 6.20. The van der Waals surface area contributed by atoms with Gasteiger partial charge in [0.15, 0.2) is 0 Å². The van der Waals surface area contributed by atoms with E-state index in [1.807, 2.05) is 24.3 Å². The molecule has 0 radical (unpaired) electrons. The van der Waals surface area contributed by atoms with E-state index in [9.17, 15) is 9.90 Å². The molecule has 0 heterocycles. The highest BCUT2D eigenvalue weighted by Crippen LogP contribution is 2.19. The second-order valence-electron chi connectivity index (χ2n) is 3.90. The summed E-state index contributed by atoms with van der Waals surface area (Å²) in [6.45, 7) is 0. The number of rotatable bonds is 3. The summed E-state index contributed by atoms with van der Waals surface area (Å²) < 4.78 is 0. The van der Waals surface area contributed by atoms with Crippen LogP contribution in [0, 0.1) is 0 Å². The third-order valence-corrected chi connectivity index (χ3v) is 2.54. The van der Waals surface area contributed by atoms with Crippen LogP contribution in [0.25, 0.3) is 11.6 Å². The van der Waals surface area contributed by atoms with Gasteiger partial charge in [0.1, 0.15) is 0 Å². The average Bonchev–Trinajstić information content (AvgIpc) is 2.37. The number of hydrogen-bond donors (Lipinski definition) is 2. The van der Waals surface area contributed by atoms with Gasteiger partial charge < -0.3 is 10.8 Å². The lowest BCUT2D eigenvalue weighted by Gasteiger charge is -2.03. The minimum absolute atomic E-state index is 0.251. The lowest BCUT2D eigenvalue weighted by atomic mass is 10.0. The molecule has 3 heteroatoms. The smallest absolute Gasteiger partial charge is 0.336 e. The van der Waals surface area contributed by atoms with Gasteiger partial charge in [-0.1, -0.05) is 42.5 Å². The van der Waals surface area contributed by atoms with Crippen molar-refractivity contribution in [2.75, 3.05) is 5.73 Å². The van der Waals surface area contributed by atoms with Crippen LogP contribution in [0.15, 0.2) is 54.6 Å². The summed E-state index contributed by atoms with van der Waals surface area (Å²) in [5.74, 6) is -0.955. The van der Waals surface area contributed by atoms with Gasteiger partial charge in [0, 0.05) is 5.69 Å². The SMILES string of the molecule is Nc1cccc(/C=C(\C(=O)O)c2ccccc2)c1. The van der Waals surface area contributed by atoms with Gasteiger partial charge in [0.25, 0.3) is 0 Å². The molecular weight excluding hydrogens is 226 g/mol. The van der Waals surface area contributed by atoms with Crippen LogP contribution in [0.4, 0.5) is 5.69 Å². The maximum atomic E-state index is 11.3. The van der Waals surface area contributed by atoms with E-state index in [1.165, 1.54) is 0 Å². The molecule has 0 saturated carbocycles. The molecule has 0 amide bonds. The molecule has 0 aromatic heterocycles. The zero-order chi connectivity index (χ0) is 13.0. The summed E-state index contributed by atoms with van der Waals surface area (Å²) in [7, 11) is 0. The van der Waals surface area contributed by atoms with Crippen molar-refractivity contribution in [3.8, 4) is 0 Å². The zero-order valence-corrected chi connectivity index (χ0v) is 9.71. The first-order valence-electron chi connectivity index (χ1n) is 5.53. The zero-order valence-electron chi connectivity index (χ0n) is 9.71. The van der Waals surface area contributed by atoms with Crippen LogP contribution in [-0.4, -0.2) is 11.1 Å². The lowest BCUT2D eigenvalue weighted by Crippen LogP contribution is -1.99. The highest BCUT2D eigenvalue weighted by Gasteiger charge is 2.09. The monoisotopic (exact) mass is 239 g/mol. The Labute approximate surface area is 105 Å². The minimum atomic E-state index is -0.955. The molecule has 2 aromatic carbocycles. The van der Waals surface area contributed by atoms with Gasteiger partial charge in [-0.05, 0) is 29.3 Å². The quantitative estimate of drug-likeness (QED) is 0.491. The van der Waals surface area contributed by atoms with Crippen molar-refractivity contribution < 1.29 is 9.90 Å². The second-order valence-corrected chi connectivity index (χ2v) is 3.90. The van der Waals surface area contributed by atoms with Gasteiger partial charge in [-0.2, -0.15) is 0 Å². The van der Waals surface area contributed by atoms with Crippen LogP contribution in [-0.2, 0) is 4.79 Å². The minimum Gasteiger partial charge on any atom is -0.478 e. The Hall–Kier alpha value is -2.55. The molecule has 90 valence electrons. The molecular formula is C15H13NO2. The molecule has 0 aliphatic rings. The van der Waals surface area contributed by atoms with Gasteiger partial charge in [-0.25, -0.2) is 4.79 Å². The van der Waals surface area contributed by atoms with Crippen molar-refractivity contribution in [2.24, 2.45) is 0 Å². The van der Waals surface area contributed by atoms with Gasteiger partial charge in [0.05, 0.1) is 5.57 Å². The molecule has 0 spiro atoms. The normalized spacial score (nSPS) is 11.2. The van der Waals surface area contributed by atoms with Crippen LogP contribution in [0.2, 0.25) is 0 Å². The Morgan fingerprint density at radius 1 is 1.06 bits per heavy atom. The van der Waals surface area contributed by atoms with Gasteiger partial charge in [0.2, 0.25) is 0 Å². The van der Waals surface area contributed by atoms with E-state index >= 15 is 0 Å². The van der Waals surface area contributed by atoms with Gasteiger partial charge >= 0.3 is 5.97 Å². The molecule has 0 fully saturated rings. The van der Waals surface area contributed by atoms with E-state index in [1.54, 1.807) is 36.4 Å². The molecule has 0 saturated heterocycles. The lowest BCUT2D eigenvalue weighted by molar-refractivity contribution is -0.130. The summed E-state index contributed by atoms with van der Waals surface area (Å²) in [4.78, 5) is 11.3. The Bertz CT molecular complexity index is 588. The number of carbonyl (C=O) groups is 1. The van der Waals surface area contributed by atoms with Crippen LogP contribution in [0.1, 0.15) is 11.1 Å². The molecule has 18 heavy (non-hydrogen) atoms. The summed E-state index contributed by atoms with van der Waals surface area (Å²) in [6, 6.07) is 16.1. The number of nitrogen functional groups attached to an aromatic ring is 1. The fourth-order valence-electron chi connectivity index (χ4n) is 1.70. The third-order valence-electron chi connectivity index (χ3n) is 2.54. The third kappa shape index (κ3) is 2.77. The number of carboxylic acids is 1. The largest absolute Gasteiger partial charge is 0.478 e. The molecule has 2 rings (SSSR count). The topological polar surface area (TPSA) is 63.3 Å². The van der Waals surface area contributed by atoms with E-state index in [0.717, 1.165) is 5.56 Å². The predicted molar refractivity (Wildman–Crippen MR) is 72.8 cm³/mol. The summed E-state index contributed by atoms with van der Waals surface area (Å²) in [6.07, 6.45) is 1.62. The number of hydrogen-bond acceptors (Lipinski definition) is 2. The standard InChI is InChI=1S/C15H13NO2/c16-13-8-4-5-11(9-13)10-14(15(17)18)12-6-2-1-3-7-12/h1-10H,16H2,(H,17,18)/b14-10-. The molecule has 0 aliphatic heterocycles. The molecule has 3 nitrogen and oxygen atoms in total. The van der Waals surface area contributed by atoms with Crippen LogP contribution >= 0.6 is 0 Å². The first-order valence-corrected chi connectivity index (χ1v) is 5.53. The molecule has 0 unspecified atom stereocenters. The number of anilines is 1. The number of benzene rings is 2. The van der Waals surface area contributed by atoms with E-state index in [2.05, 4.69) is 0 Å². The maximum Gasteiger partial charge on any atom is 0.336 e. The molecule has 0 atom stereocenters. The van der Waals surface area contributed by atoms with Gasteiger partial charge in [-0.15, -0.1) is 0 Å². The van der Waals surface area contributed by atoms with E-state index in [-0.39, 0.29) is 5.57 Å². The molecule has 3 N–H and O–H groups in total. The van der Waals surface area contributed by atoms with Crippen molar-refractivity contribution in [3.05, 3.63) is 65.7 Å². The van der Waals surface area contributed by atoms with Gasteiger partial charge in [-0.3, -0.25) is 0 Å². The van der Waals surface area contributed by atoms with Crippen molar-refractivity contribution in [2.45, 2.75) is 0 Å². The van der Waals surface area contributed by atoms with Crippen LogP contribution in [0.5, 0.6) is 0 Å². The summed E-state index contributed by atoms with van der Waals surface area (Å²) in [5.41, 5.74) is 7.98. The number of carboxylic acid groups (broad SMARTS) is 1. The Morgan fingerprint density at radius 2 is 1.78 bits per heavy atom. The van der Waals surface area contributed by atoms with Crippen molar-refractivity contribution in [1.82, 2.24) is 0 Å². The van der Waals surface area contributed by atoms with Crippen molar-refractivity contribution >= 4 is 23.3 Å². The average molecular weight is 239 g/mol. The first kappa shape index (κ1) is 11.9. The maximum absolute atomic E-state index is 11.3. The fraction of sp³-hybridized carbons (Fsp3) is 0. The van der Waals surface area contributed by atoms with Crippen molar-refractivity contribution in [1.29, 1.82) is 0 Å². The molecule has 2 aromatic rings. The summed E-state index contributed by atoms with van der Waals surface area (Å²) in [5, 5.41) is 9.26. The number of nitrogens with two attached hydrogens (primary N) is 1. The Balaban J connectivity index is 2.46. The van der Waals surface area contributed by atoms with E-state index < -0.39 is 5.97 Å². The highest BCUT2D eigenvalue weighted by atomic mass is 16.4. The predicted octanol–water partition coefficient (Wildman–Crippen LogP) is 2.89. The first-order chi connectivity index (χ1) is 8.66. The Morgan fingerprint density at radius 3 is 2.39 bits per heavy atom. The van der Waals surface area contributed by atoms with Crippen LogP contribution < -0.4 is 5.73 Å². The van der Waals surface area contributed by atoms with Crippen LogP contribution in [0.3, 0.4) is 0 Å². The van der Waals surface area contributed by atoms with E-state index in [0.29, 0.717) is 11.3 Å².